The Hall–Kier alpha value is -2.93. The molecular formula is C34H30BrClF6I2N4O6. The molecule has 2 amide bonds. The Kier molecular flexibility index (Phi) is 18.0. The van der Waals surface area contributed by atoms with Crippen molar-refractivity contribution < 1.29 is 55.8 Å². The van der Waals surface area contributed by atoms with Gasteiger partial charge in [-0.15, -0.1) is 4.09 Å². The Labute approximate surface area is 346 Å². The smallest absolute Gasteiger partial charge is 0.290 e. The van der Waals surface area contributed by atoms with E-state index in [1.165, 1.54) is 24.3 Å². The minimum absolute atomic E-state index is 0.127. The molecule has 292 valence electrons. The van der Waals surface area contributed by atoms with Crippen LogP contribution < -0.4 is 16.1 Å². The van der Waals surface area contributed by atoms with Crippen molar-refractivity contribution in [2.75, 3.05) is 23.8 Å². The van der Waals surface area contributed by atoms with Crippen molar-refractivity contribution in [1.82, 2.24) is 9.57 Å². The zero-order valence-electron chi connectivity index (χ0n) is 27.9. The summed E-state index contributed by atoms with van der Waals surface area (Å²) in [5.41, 5.74) is -0.118. The van der Waals surface area contributed by atoms with Gasteiger partial charge in [0.05, 0.1) is 67.3 Å². The molecule has 2 atom stereocenters. The topological polar surface area (TPSA) is 132 Å². The zero-order valence-corrected chi connectivity index (χ0v) is 34.6. The lowest BCUT2D eigenvalue weighted by Crippen LogP contribution is -2.29. The van der Waals surface area contributed by atoms with Crippen molar-refractivity contribution >= 4 is 107 Å². The maximum absolute atomic E-state index is 14.4. The van der Waals surface area contributed by atoms with E-state index in [1.54, 1.807) is 26.0 Å². The van der Waals surface area contributed by atoms with Gasteiger partial charge in [-0.3, -0.25) is 19.3 Å². The van der Waals surface area contributed by atoms with Crippen molar-refractivity contribution in [3.63, 3.8) is 0 Å². The van der Waals surface area contributed by atoms with Crippen LogP contribution in [0.5, 0.6) is 0 Å². The number of carbonyl (C=O) groups excluding carboxylic acids is 2. The molecule has 2 unspecified atom stereocenters. The fourth-order valence-electron chi connectivity index (χ4n) is 4.00. The largest absolute Gasteiger partial charge is 0.391 e. The molecule has 0 radical (unpaired) electrons. The highest BCUT2D eigenvalue weighted by molar-refractivity contribution is 14.1. The highest BCUT2D eigenvalue weighted by atomic mass is 127. The molecule has 5 N–H and O–H groups in total. The summed E-state index contributed by atoms with van der Waals surface area (Å²) >= 11 is 12.3. The van der Waals surface area contributed by atoms with Gasteiger partial charge in [-0.2, -0.15) is 0 Å². The summed E-state index contributed by atoms with van der Waals surface area (Å²) in [6, 6.07) is 10.9. The van der Waals surface area contributed by atoms with Gasteiger partial charge in [0.2, 0.25) is 0 Å². The molecule has 4 aromatic rings. The number of halogens is 10. The van der Waals surface area contributed by atoms with Gasteiger partial charge >= 0.3 is 0 Å². The van der Waals surface area contributed by atoms with Gasteiger partial charge in [0.15, 0.2) is 23.3 Å². The molecular weight excluding hydrogens is 1040 g/mol. The van der Waals surface area contributed by atoms with Crippen molar-refractivity contribution in [2.24, 2.45) is 0 Å². The lowest BCUT2D eigenvalue weighted by molar-refractivity contribution is -0.0791. The van der Waals surface area contributed by atoms with E-state index in [-0.39, 0.29) is 30.2 Å². The van der Waals surface area contributed by atoms with Gasteiger partial charge in [0.1, 0.15) is 24.8 Å². The predicted molar refractivity (Wildman–Crippen MR) is 210 cm³/mol. The van der Waals surface area contributed by atoms with Gasteiger partial charge in [-0.05, 0) is 113 Å². The summed E-state index contributed by atoms with van der Waals surface area (Å²) in [4.78, 5) is 34.7. The van der Waals surface area contributed by atoms with Crippen LogP contribution in [0, 0.1) is 42.0 Å². The second-order valence-electron chi connectivity index (χ2n) is 10.9. The molecule has 0 aliphatic heterocycles. The highest BCUT2D eigenvalue weighted by Gasteiger charge is 2.25. The Balaban J connectivity index is 0.000000290. The van der Waals surface area contributed by atoms with Gasteiger partial charge in [-0.25, -0.2) is 31.8 Å². The molecule has 0 aromatic heterocycles. The van der Waals surface area contributed by atoms with Crippen LogP contribution in [0.3, 0.4) is 0 Å². The van der Waals surface area contributed by atoms with Crippen molar-refractivity contribution in [1.29, 1.82) is 0 Å². The molecule has 10 nitrogen and oxygen atoms in total. The number of hydrogen-bond acceptors (Lipinski definition) is 8. The number of hydrogen-bond donors (Lipinski definition) is 5. The lowest BCUT2D eigenvalue weighted by atomic mass is 10.1. The summed E-state index contributed by atoms with van der Waals surface area (Å²) in [5.74, 6) is -8.61. The molecule has 0 spiro atoms. The molecule has 0 saturated carbocycles. The van der Waals surface area contributed by atoms with Crippen LogP contribution in [0.25, 0.3) is 0 Å². The van der Waals surface area contributed by atoms with Crippen LogP contribution in [-0.4, -0.2) is 51.5 Å². The van der Waals surface area contributed by atoms with E-state index >= 15 is 0 Å². The molecule has 20 heteroatoms. The Bertz CT molecular complexity index is 1970. The second-order valence-corrected chi connectivity index (χ2v) is 14.4. The average molecular weight is 1070 g/mol. The second kappa shape index (κ2) is 21.4. The first-order chi connectivity index (χ1) is 25.5. The maximum Gasteiger partial charge on any atom is 0.290 e. The predicted octanol–water partition coefficient (Wildman–Crippen LogP) is 9.44. The number of amides is 2. The van der Waals surface area contributed by atoms with E-state index in [0.717, 1.165) is 18.2 Å². The third kappa shape index (κ3) is 12.5. The monoisotopic (exact) mass is 1070 g/mol. The van der Waals surface area contributed by atoms with E-state index in [0.29, 0.717) is 24.1 Å². The highest BCUT2D eigenvalue weighted by Crippen LogP contribution is 2.33. The molecule has 0 saturated heterocycles. The van der Waals surface area contributed by atoms with E-state index in [2.05, 4.69) is 26.8 Å². The lowest BCUT2D eigenvalue weighted by Gasteiger charge is -2.19. The van der Waals surface area contributed by atoms with Gasteiger partial charge in [0.25, 0.3) is 11.8 Å². The standard InChI is InChI=1S/C17H15BrF3IN2O3.C17H15ClF3IN2O3/c1-2-10(25)8-27-24(18)17(26)11-4-5-12(19)15(21)16(11)23-14-6-3-9(22)7-13(14)20;1-2-9(25)7-27-24-17(26)10-6-11(18)14(20)15(21)16(10)23-13-4-3-8(22)5-12(13)19/h3-7,10,23,25H,2,8H2,1H3;3-6,9,23,25H,2,7H2,1H3,(H,24,26). The number of nitrogens with one attached hydrogen (secondary N) is 3. The van der Waals surface area contributed by atoms with E-state index in [9.17, 15) is 46.1 Å². The van der Waals surface area contributed by atoms with Gasteiger partial charge < -0.3 is 20.8 Å². The molecule has 0 aliphatic carbocycles. The van der Waals surface area contributed by atoms with Crippen molar-refractivity contribution in [2.45, 2.75) is 38.9 Å². The summed E-state index contributed by atoms with van der Waals surface area (Å²) in [6.45, 7) is 3.05. The third-order valence-electron chi connectivity index (χ3n) is 7.04. The molecule has 54 heavy (non-hydrogen) atoms. The fraction of sp³-hybridized carbons (Fsp3) is 0.235. The van der Waals surface area contributed by atoms with Crippen LogP contribution in [-0.2, 0) is 9.68 Å². The van der Waals surface area contributed by atoms with Crippen LogP contribution in [0.2, 0.25) is 5.02 Å². The first kappa shape index (κ1) is 45.5. The third-order valence-corrected chi connectivity index (χ3v) is 9.18. The quantitative estimate of drug-likeness (QED) is 0.0278. The summed E-state index contributed by atoms with van der Waals surface area (Å²) in [7, 11) is 0. The molecule has 4 aromatic carbocycles. The first-order valence-corrected chi connectivity index (χ1v) is 18.7. The number of aliphatic hydroxyl groups is 2. The molecule has 0 aliphatic rings. The minimum atomic E-state index is -1.45. The van der Waals surface area contributed by atoms with Crippen LogP contribution in [0.1, 0.15) is 47.4 Å². The Morgan fingerprint density at radius 3 is 1.80 bits per heavy atom. The maximum atomic E-state index is 14.4. The fourth-order valence-corrected chi connectivity index (χ4v) is 5.41. The number of nitrogens with zero attached hydrogens (tertiary/aromatic N) is 1. The minimum Gasteiger partial charge on any atom is -0.391 e. The number of benzene rings is 4. The van der Waals surface area contributed by atoms with Gasteiger partial charge in [-0.1, -0.05) is 25.4 Å². The SMILES string of the molecule is CCC(O)CON(Br)C(=O)c1ccc(F)c(F)c1Nc1ccc(I)cc1F.CCC(O)CONC(=O)c1cc(Cl)c(F)c(F)c1Nc1ccc(I)cc1F. The average Bonchev–Trinajstić information content (AvgIpc) is 3.14. The summed E-state index contributed by atoms with van der Waals surface area (Å²) in [6.07, 6.45) is -0.816. The Morgan fingerprint density at radius 2 is 1.28 bits per heavy atom. The number of carbonyl (C=O) groups is 2. The molecule has 0 bridgehead atoms. The first-order valence-electron chi connectivity index (χ1n) is 15.5. The number of rotatable bonds is 14. The molecule has 0 heterocycles. The van der Waals surface area contributed by atoms with Crippen LogP contribution >= 0.6 is 72.9 Å². The zero-order chi connectivity index (χ0) is 40.3. The van der Waals surface area contributed by atoms with E-state index in [4.69, 9.17) is 21.3 Å². The number of hydroxylamine groups is 2. The van der Waals surface area contributed by atoms with Crippen LogP contribution in [0.15, 0.2) is 54.6 Å². The summed E-state index contributed by atoms with van der Waals surface area (Å²) < 4.78 is 86.2. The van der Waals surface area contributed by atoms with E-state index in [1.807, 2.05) is 50.7 Å². The van der Waals surface area contributed by atoms with Crippen molar-refractivity contribution in [3.05, 3.63) is 113 Å². The summed E-state index contributed by atoms with van der Waals surface area (Å²) in [5, 5.41) is 23.1. The van der Waals surface area contributed by atoms with Gasteiger partial charge in [0, 0.05) is 7.14 Å². The number of anilines is 4. The molecule has 0 fully saturated rings. The Morgan fingerprint density at radius 1 is 0.759 bits per heavy atom. The normalized spacial score (nSPS) is 12.0. The van der Waals surface area contributed by atoms with Crippen LogP contribution in [0.4, 0.5) is 49.1 Å². The van der Waals surface area contributed by atoms with E-state index < -0.39 is 80.9 Å². The number of aliphatic hydroxyl groups excluding tert-OH is 2. The van der Waals surface area contributed by atoms with Crippen molar-refractivity contribution in [3.8, 4) is 0 Å². The molecule has 4 rings (SSSR count).